The van der Waals surface area contributed by atoms with Gasteiger partial charge in [-0.1, -0.05) is 13.8 Å². The van der Waals surface area contributed by atoms with E-state index in [-0.39, 0.29) is 0 Å². The van der Waals surface area contributed by atoms with Crippen LogP contribution in [0.2, 0.25) is 0 Å². The molecule has 2 nitrogen and oxygen atoms in total. The molecule has 0 aliphatic rings. The minimum absolute atomic E-state index is 0.573. The Morgan fingerprint density at radius 1 is 1.25 bits per heavy atom. The molecular weight excluding hydrogens is 216 g/mol. The number of hydrogen-bond donors (Lipinski definition) is 1. The number of likely N-dealkylation sites (N-methyl/N-ethyl adjacent to an activating group) is 2. The third-order valence-corrected chi connectivity index (χ3v) is 3.84. The van der Waals surface area contributed by atoms with Crippen molar-refractivity contribution in [2.24, 2.45) is 0 Å². The predicted molar refractivity (Wildman–Crippen MR) is 73.4 cm³/mol. The minimum Gasteiger partial charge on any atom is -0.313 e. The average molecular weight is 240 g/mol. The summed E-state index contributed by atoms with van der Waals surface area (Å²) in [6.45, 7) is 6.55. The Bertz CT molecular complexity index is 294. The molecule has 1 aromatic heterocycles. The zero-order valence-corrected chi connectivity index (χ0v) is 11.7. The highest BCUT2D eigenvalue weighted by Crippen LogP contribution is 2.18. The molecule has 0 fully saturated rings. The van der Waals surface area contributed by atoms with Crippen molar-refractivity contribution in [1.82, 2.24) is 10.2 Å². The molecule has 0 amide bonds. The highest BCUT2D eigenvalue weighted by atomic mass is 32.1. The third kappa shape index (κ3) is 4.64. The normalized spacial score (nSPS) is 13.3. The van der Waals surface area contributed by atoms with Crippen LogP contribution in [-0.4, -0.2) is 38.1 Å². The summed E-state index contributed by atoms with van der Waals surface area (Å²) < 4.78 is 0. The van der Waals surface area contributed by atoms with Crippen LogP contribution >= 0.6 is 11.3 Å². The van der Waals surface area contributed by atoms with E-state index in [1.54, 1.807) is 0 Å². The van der Waals surface area contributed by atoms with E-state index in [9.17, 15) is 0 Å². The summed E-state index contributed by atoms with van der Waals surface area (Å²) in [5.74, 6) is 0. The second-order valence-corrected chi connectivity index (χ2v) is 5.70. The zero-order chi connectivity index (χ0) is 12.0. The lowest BCUT2D eigenvalue weighted by Crippen LogP contribution is -2.39. The molecule has 0 radical (unpaired) electrons. The Morgan fingerprint density at radius 3 is 2.44 bits per heavy atom. The first-order valence-electron chi connectivity index (χ1n) is 6.11. The fourth-order valence-electron chi connectivity index (χ4n) is 1.90. The van der Waals surface area contributed by atoms with Crippen LogP contribution in [-0.2, 0) is 12.8 Å². The molecule has 1 unspecified atom stereocenters. The molecule has 3 heteroatoms. The molecule has 1 heterocycles. The van der Waals surface area contributed by atoms with Crippen LogP contribution in [0.4, 0.5) is 0 Å². The van der Waals surface area contributed by atoms with Gasteiger partial charge in [-0.2, -0.15) is 0 Å². The molecule has 92 valence electrons. The van der Waals surface area contributed by atoms with Gasteiger partial charge in [-0.05, 0) is 45.6 Å². The average Bonchev–Trinajstić information content (AvgIpc) is 2.65. The van der Waals surface area contributed by atoms with Crippen molar-refractivity contribution < 1.29 is 0 Å². The largest absolute Gasteiger partial charge is 0.313 e. The van der Waals surface area contributed by atoms with Gasteiger partial charge in [0.1, 0.15) is 0 Å². The molecule has 0 saturated carbocycles. The minimum atomic E-state index is 0.573. The van der Waals surface area contributed by atoms with Gasteiger partial charge in [0.05, 0.1) is 0 Å². The lowest BCUT2D eigenvalue weighted by molar-refractivity contribution is 0.340. The standard InChI is InChI=1S/C13H24N2S/c1-5-12-7-8-13(16-12)9-11(14-6-2)10-15(3)4/h7-8,11,14H,5-6,9-10H2,1-4H3. The molecule has 0 spiro atoms. The lowest BCUT2D eigenvalue weighted by atomic mass is 10.1. The zero-order valence-electron chi connectivity index (χ0n) is 10.9. The van der Waals surface area contributed by atoms with Crippen molar-refractivity contribution in [3.8, 4) is 0 Å². The first kappa shape index (κ1) is 13.7. The number of rotatable bonds is 7. The van der Waals surface area contributed by atoms with Gasteiger partial charge in [0.15, 0.2) is 0 Å². The highest BCUT2D eigenvalue weighted by molar-refractivity contribution is 7.11. The van der Waals surface area contributed by atoms with Crippen molar-refractivity contribution in [1.29, 1.82) is 0 Å². The van der Waals surface area contributed by atoms with Gasteiger partial charge >= 0.3 is 0 Å². The maximum absolute atomic E-state index is 3.55. The molecule has 0 aliphatic heterocycles. The van der Waals surface area contributed by atoms with Gasteiger partial charge in [-0.25, -0.2) is 0 Å². The van der Waals surface area contributed by atoms with Crippen LogP contribution in [0, 0.1) is 0 Å². The van der Waals surface area contributed by atoms with Gasteiger partial charge in [0.25, 0.3) is 0 Å². The lowest BCUT2D eigenvalue weighted by Gasteiger charge is -2.21. The van der Waals surface area contributed by atoms with Gasteiger partial charge in [-0.15, -0.1) is 11.3 Å². The number of nitrogens with one attached hydrogen (secondary N) is 1. The van der Waals surface area contributed by atoms with E-state index < -0.39 is 0 Å². The van der Waals surface area contributed by atoms with Crippen molar-refractivity contribution in [2.75, 3.05) is 27.2 Å². The Hall–Kier alpha value is -0.380. The monoisotopic (exact) mass is 240 g/mol. The molecule has 0 saturated heterocycles. The van der Waals surface area contributed by atoms with Crippen LogP contribution < -0.4 is 5.32 Å². The first-order chi connectivity index (χ1) is 7.65. The van der Waals surface area contributed by atoms with E-state index in [4.69, 9.17) is 0 Å². The van der Waals surface area contributed by atoms with Gasteiger partial charge in [0.2, 0.25) is 0 Å². The molecule has 0 aromatic carbocycles. The van der Waals surface area contributed by atoms with Gasteiger partial charge in [0, 0.05) is 22.3 Å². The van der Waals surface area contributed by atoms with Crippen LogP contribution in [0.15, 0.2) is 12.1 Å². The van der Waals surface area contributed by atoms with Crippen molar-refractivity contribution in [3.05, 3.63) is 21.9 Å². The van der Waals surface area contributed by atoms with Gasteiger partial charge in [-0.3, -0.25) is 0 Å². The van der Waals surface area contributed by atoms with Crippen molar-refractivity contribution in [2.45, 2.75) is 32.7 Å². The molecule has 0 aliphatic carbocycles. The summed E-state index contributed by atoms with van der Waals surface area (Å²) >= 11 is 1.96. The Labute approximate surface area is 104 Å². The molecule has 16 heavy (non-hydrogen) atoms. The summed E-state index contributed by atoms with van der Waals surface area (Å²) in [6, 6.07) is 5.12. The summed E-state index contributed by atoms with van der Waals surface area (Å²) in [6.07, 6.45) is 2.31. The maximum Gasteiger partial charge on any atom is 0.0242 e. The number of hydrogen-bond acceptors (Lipinski definition) is 3. The molecule has 1 atom stereocenters. The van der Waals surface area contributed by atoms with E-state index in [1.165, 1.54) is 9.75 Å². The first-order valence-corrected chi connectivity index (χ1v) is 6.93. The van der Waals surface area contributed by atoms with Crippen LogP contribution in [0.5, 0.6) is 0 Å². The van der Waals surface area contributed by atoms with Crippen molar-refractivity contribution in [3.63, 3.8) is 0 Å². The van der Waals surface area contributed by atoms with Crippen molar-refractivity contribution >= 4 is 11.3 Å². The molecule has 1 rings (SSSR count). The Kier molecular flexibility index (Phi) is 6.03. The quantitative estimate of drug-likeness (QED) is 0.787. The molecule has 1 N–H and O–H groups in total. The summed E-state index contributed by atoms with van der Waals surface area (Å²) in [4.78, 5) is 5.25. The Morgan fingerprint density at radius 2 is 1.94 bits per heavy atom. The van der Waals surface area contributed by atoms with Crippen LogP contribution in [0.25, 0.3) is 0 Å². The number of thiophene rings is 1. The third-order valence-electron chi connectivity index (χ3n) is 2.59. The smallest absolute Gasteiger partial charge is 0.0242 e. The van der Waals surface area contributed by atoms with E-state index in [2.05, 4.69) is 50.3 Å². The second-order valence-electron chi connectivity index (χ2n) is 4.44. The van der Waals surface area contributed by atoms with E-state index >= 15 is 0 Å². The number of aryl methyl sites for hydroxylation is 1. The van der Waals surface area contributed by atoms with Crippen LogP contribution in [0.1, 0.15) is 23.6 Å². The van der Waals surface area contributed by atoms with E-state index in [1.807, 2.05) is 11.3 Å². The van der Waals surface area contributed by atoms with E-state index in [0.29, 0.717) is 6.04 Å². The highest BCUT2D eigenvalue weighted by Gasteiger charge is 2.10. The Balaban J connectivity index is 2.52. The predicted octanol–water partition coefficient (Wildman–Crippen LogP) is 2.39. The molecular formula is C13H24N2S. The SMILES string of the molecule is CCNC(Cc1ccc(CC)s1)CN(C)C. The maximum atomic E-state index is 3.55. The summed E-state index contributed by atoms with van der Waals surface area (Å²) in [5.41, 5.74) is 0. The van der Waals surface area contributed by atoms with E-state index in [0.717, 1.165) is 25.9 Å². The summed E-state index contributed by atoms with van der Waals surface area (Å²) in [7, 11) is 4.27. The van der Waals surface area contributed by atoms with Crippen LogP contribution in [0.3, 0.4) is 0 Å². The topological polar surface area (TPSA) is 15.3 Å². The fraction of sp³-hybridized carbons (Fsp3) is 0.692. The summed E-state index contributed by atoms with van der Waals surface area (Å²) in [5, 5.41) is 3.55. The molecule has 0 bridgehead atoms. The van der Waals surface area contributed by atoms with Gasteiger partial charge < -0.3 is 10.2 Å². The number of nitrogens with zero attached hydrogens (tertiary/aromatic N) is 1. The molecule has 1 aromatic rings. The second kappa shape index (κ2) is 7.05. The fourth-order valence-corrected chi connectivity index (χ4v) is 2.93.